The maximum absolute atomic E-state index is 13.3. The van der Waals surface area contributed by atoms with E-state index in [0.29, 0.717) is 17.0 Å². The van der Waals surface area contributed by atoms with Crippen molar-refractivity contribution in [1.82, 2.24) is 9.55 Å². The fourth-order valence-corrected chi connectivity index (χ4v) is 2.67. The molecule has 4 nitrogen and oxygen atoms in total. The molecule has 3 rings (SSSR count). The molecule has 1 N–H and O–H groups in total. The summed E-state index contributed by atoms with van der Waals surface area (Å²) in [5, 5.41) is 11.6. The van der Waals surface area contributed by atoms with Crippen LogP contribution in [0.1, 0.15) is 17.0 Å². The van der Waals surface area contributed by atoms with Gasteiger partial charge in [-0.15, -0.1) is 0 Å². The second kappa shape index (κ2) is 6.32. The summed E-state index contributed by atoms with van der Waals surface area (Å²) in [7, 11) is 1.57. The Morgan fingerprint density at radius 1 is 1.09 bits per heavy atom. The summed E-state index contributed by atoms with van der Waals surface area (Å²) in [6.45, 7) is 0.256. The number of ether oxygens (including phenoxy) is 1. The Morgan fingerprint density at radius 3 is 2.39 bits per heavy atom. The van der Waals surface area contributed by atoms with E-state index in [1.54, 1.807) is 36.2 Å². The van der Waals surface area contributed by atoms with Crippen LogP contribution in [-0.4, -0.2) is 21.8 Å². The third-order valence-corrected chi connectivity index (χ3v) is 3.76. The highest BCUT2D eigenvalue weighted by Crippen LogP contribution is 2.35. The zero-order valence-electron chi connectivity index (χ0n) is 12.7. The fourth-order valence-electron chi connectivity index (χ4n) is 2.67. The van der Waals surface area contributed by atoms with E-state index < -0.39 is 5.60 Å². The van der Waals surface area contributed by atoms with Crippen molar-refractivity contribution in [2.45, 2.75) is 12.3 Å². The van der Waals surface area contributed by atoms with Gasteiger partial charge in [0.05, 0.1) is 0 Å². The first-order valence-corrected chi connectivity index (χ1v) is 7.20. The third kappa shape index (κ3) is 2.76. The monoisotopic (exact) mass is 312 g/mol. The molecule has 23 heavy (non-hydrogen) atoms. The summed E-state index contributed by atoms with van der Waals surface area (Å²) >= 11 is 0. The molecule has 0 saturated heterocycles. The van der Waals surface area contributed by atoms with Gasteiger partial charge < -0.3 is 14.4 Å². The molecule has 3 aromatic rings. The van der Waals surface area contributed by atoms with Crippen LogP contribution in [0.4, 0.5) is 4.39 Å². The van der Waals surface area contributed by atoms with Crippen molar-refractivity contribution in [3.05, 3.63) is 89.8 Å². The molecule has 0 amide bonds. The van der Waals surface area contributed by atoms with Gasteiger partial charge in [-0.1, -0.05) is 42.5 Å². The third-order valence-electron chi connectivity index (χ3n) is 3.76. The maximum Gasteiger partial charge on any atom is 0.173 e. The van der Waals surface area contributed by atoms with Crippen LogP contribution < -0.4 is 0 Å². The Balaban J connectivity index is 2.21. The van der Waals surface area contributed by atoms with Crippen LogP contribution in [0.2, 0.25) is 0 Å². The lowest BCUT2D eigenvalue weighted by molar-refractivity contribution is 0.0845. The maximum atomic E-state index is 13.3. The number of aliphatic hydroxyl groups is 1. The van der Waals surface area contributed by atoms with Crippen LogP contribution >= 0.6 is 0 Å². The van der Waals surface area contributed by atoms with Crippen molar-refractivity contribution in [3.8, 4) is 0 Å². The Labute approximate surface area is 133 Å². The second-order valence-corrected chi connectivity index (χ2v) is 5.22. The van der Waals surface area contributed by atoms with E-state index in [2.05, 4.69) is 4.98 Å². The Kier molecular flexibility index (Phi) is 4.23. The van der Waals surface area contributed by atoms with Crippen molar-refractivity contribution in [1.29, 1.82) is 0 Å². The van der Waals surface area contributed by atoms with Gasteiger partial charge in [-0.3, -0.25) is 0 Å². The summed E-state index contributed by atoms with van der Waals surface area (Å²) < 4.78 is 20.2. The lowest BCUT2D eigenvalue weighted by Gasteiger charge is -2.29. The fraction of sp³-hybridized carbons (Fsp3) is 0.167. The van der Waals surface area contributed by atoms with Gasteiger partial charge in [-0.25, -0.2) is 9.37 Å². The summed E-state index contributed by atoms with van der Waals surface area (Å²) in [5.41, 5.74) is -0.319. The molecule has 0 radical (unpaired) electrons. The Hall–Kier alpha value is -2.50. The highest BCUT2D eigenvalue weighted by Gasteiger charge is 2.37. The van der Waals surface area contributed by atoms with Gasteiger partial charge in [-0.2, -0.15) is 0 Å². The average Bonchev–Trinajstić information content (AvgIpc) is 3.05. The van der Waals surface area contributed by atoms with Crippen molar-refractivity contribution >= 4 is 0 Å². The molecule has 0 fully saturated rings. The SMILES string of the molecule is COCn1ccnc1[C@@](O)(c1ccccc1)c1ccc(F)cc1. The van der Waals surface area contributed by atoms with E-state index >= 15 is 0 Å². The smallest absolute Gasteiger partial charge is 0.173 e. The molecule has 0 bridgehead atoms. The van der Waals surface area contributed by atoms with E-state index in [1.165, 1.54) is 12.1 Å². The first-order valence-electron chi connectivity index (χ1n) is 7.20. The Bertz CT molecular complexity index is 771. The number of rotatable bonds is 5. The van der Waals surface area contributed by atoms with Gasteiger partial charge in [0.25, 0.3) is 0 Å². The van der Waals surface area contributed by atoms with Gasteiger partial charge in [0, 0.05) is 19.5 Å². The normalized spacial score (nSPS) is 13.7. The molecule has 0 aliphatic rings. The van der Waals surface area contributed by atoms with Crippen LogP contribution in [0.25, 0.3) is 0 Å². The number of halogens is 1. The number of aromatic nitrogens is 2. The number of imidazole rings is 1. The van der Waals surface area contributed by atoms with Gasteiger partial charge in [0.15, 0.2) is 11.4 Å². The molecule has 0 aliphatic carbocycles. The van der Waals surface area contributed by atoms with Crippen molar-refractivity contribution in [2.75, 3.05) is 7.11 Å². The van der Waals surface area contributed by atoms with Crippen molar-refractivity contribution in [3.63, 3.8) is 0 Å². The van der Waals surface area contributed by atoms with Gasteiger partial charge in [0.1, 0.15) is 12.5 Å². The minimum Gasteiger partial charge on any atom is -0.373 e. The number of hydrogen-bond acceptors (Lipinski definition) is 3. The molecule has 0 saturated carbocycles. The highest BCUT2D eigenvalue weighted by atomic mass is 19.1. The Morgan fingerprint density at radius 2 is 1.74 bits per heavy atom. The van der Waals surface area contributed by atoms with E-state index in [0.717, 1.165) is 0 Å². The molecule has 1 atom stereocenters. The standard InChI is InChI=1S/C18H17FN2O2/c1-23-13-21-12-11-20-17(21)18(22,14-5-3-2-4-6-14)15-7-9-16(19)10-8-15/h2-12,22H,13H2,1H3/t18-/m1/s1. The molecular weight excluding hydrogens is 295 g/mol. The summed E-state index contributed by atoms with van der Waals surface area (Å²) in [4.78, 5) is 4.32. The molecule has 0 aliphatic heterocycles. The second-order valence-electron chi connectivity index (χ2n) is 5.22. The lowest BCUT2D eigenvalue weighted by Crippen LogP contribution is -2.33. The zero-order chi connectivity index (χ0) is 16.3. The minimum atomic E-state index is -1.50. The van der Waals surface area contributed by atoms with E-state index in [-0.39, 0.29) is 12.5 Å². The van der Waals surface area contributed by atoms with E-state index in [4.69, 9.17) is 4.74 Å². The summed E-state index contributed by atoms with van der Waals surface area (Å²) in [5.74, 6) is 0.0570. The molecular formula is C18H17FN2O2. The van der Waals surface area contributed by atoms with E-state index in [9.17, 15) is 9.50 Å². The topological polar surface area (TPSA) is 47.3 Å². The summed E-state index contributed by atoms with van der Waals surface area (Å²) in [6, 6.07) is 15.0. The first kappa shape index (κ1) is 15.4. The van der Waals surface area contributed by atoms with Crippen molar-refractivity contribution in [2.24, 2.45) is 0 Å². The number of hydrogen-bond donors (Lipinski definition) is 1. The van der Waals surface area contributed by atoms with Gasteiger partial charge in [0.2, 0.25) is 0 Å². The number of methoxy groups -OCH3 is 1. The summed E-state index contributed by atoms with van der Waals surface area (Å²) in [6.07, 6.45) is 3.34. The van der Waals surface area contributed by atoms with Crippen molar-refractivity contribution < 1.29 is 14.2 Å². The molecule has 1 heterocycles. The predicted octanol–water partition coefficient (Wildman–Crippen LogP) is 2.91. The molecule has 118 valence electrons. The largest absolute Gasteiger partial charge is 0.373 e. The number of nitrogens with zero attached hydrogens (tertiary/aromatic N) is 2. The number of benzene rings is 2. The van der Waals surface area contributed by atoms with Gasteiger partial charge >= 0.3 is 0 Å². The van der Waals surface area contributed by atoms with Crippen LogP contribution in [0.15, 0.2) is 67.0 Å². The van der Waals surface area contributed by atoms with E-state index in [1.807, 2.05) is 30.3 Å². The first-order chi connectivity index (χ1) is 11.2. The lowest BCUT2D eigenvalue weighted by atomic mass is 9.85. The molecule has 2 aromatic carbocycles. The molecule has 0 unspecified atom stereocenters. The van der Waals surface area contributed by atoms with Crippen LogP contribution in [0.3, 0.4) is 0 Å². The predicted molar refractivity (Wildman–Crippen MR) is 84.2 cm³/mol. The molecule has 5 heteroatoms. The minimum absolute atomic E-state index is 0.256. The molecule has 0 spiro atoms. The van der Waals surface area contributed by atoms with Crippen LogP contribution in [0, 0.1) is 5.82 Å². The molecule has 1 aromatic heterocycles. The van der Waals surface area contributed by atoms with Crippen LogP contribution in [0.5, 0.6) is 0 Å². The quantitative estimate of drug-likeness (QED) is 0.788. The zero-order valence-corrected chi connectivity index (χ0v) is 12.7. The highest BCUT2D eigenvalue weighted by molar-refractivity contribution is 5.42. The van der Waals surface area contributed by atoms with Crippen LogP contribution in [-0.2, 0) is 17.1 Å². The average molecular weight is 312 g/mol. The van der Waals surface area contributed by atoms with Gasteiger partial charge in [-0.05, 0) is 23.3 Å².